The lowest BCUT2D eigenvalue weighted by atomic mass is 10.0. The SMILES string of the molecule is O=c1[nH]c(=S)ccn1[C@]1(O)CO[C@](F)(CO)[C@H]1O. The first kappa shape index (κ1) is 13.3. The second-order valence-corrected chi connectivity index (χ2v) is 4.43. The van der Waals surface area contributed by atoms with E-state index in [4.69, 9.17) is 17.3 Å². The molecule has 9 heteroatoms. The number of aromatic nitrogens is 2. The van der Waals surface area contributed by atoms with Crippen molar-refractivity contribution in [2.75, 3.05) is 13.2 Å². The summed E-state index contributed by atoms with van der Waals surface area (Å²) in [5.41, 5.74) is -3.14. The van der Waals surface area contributed by atoms with Crippen molar-refractivity contribution in [3.05, 3.63) is 27.4 Å². The van der Waals surface area contributed by atoms with Crippen LogP contribution >= 0.6 is 12.2 Å². The number of ether oxygens (including phenoxy) is 1. The van der Waals surface area contributed by atoms with Gasteiger partial charge >= 0.3 is 5.69 Å². The average Bonchev–Trinajstić information content (AvgIpc) is 2.56. The summed E-state index contributed by atoms with van der Waals surface area (Å²) in [6, 6.07) is 1.29. The third kappa shape index (κ3) is 1.80. The maximum atomic E-state index is 13.8. The Labute approximate surface area is 105 Å². The van der Waals surface area contributed by atoms with E-state index in [1.807, 2.05) is 0 Å². The van der Waals surface area contributed by atoms with Gasteiger partial charge in [-0.1, -0.05) is 12.2 Å². The van der Waals surface area contributed by atoms with Crippen LogP contribution < -0.4 is 5.69 Å². The summed E-state index contributed by atoms with van der Waals surface area (Å²) in [4.78, 5) is 13.8. The smallest absolute Gasteiger partial charge is 0.328 e. The van der Waals surface area contributed by atoms with Crippen LogP contribution in [0.4, 0.5) is 4.39 Å². The number of aliphatic hydroxyl groups is 3. The van der Waals surface area contributed by atoms with E-state index in [2.05, 4.69) is 9.72 Å². The molecule has 1 saturated heterocycles. The van der Waals surface area contributed by atoms with Crippen molar-refractivity contribution in [1.82, 2.24) is 9.55 Å². The number of H-pyrrole nitrogens is 1. The van der Waals surface area contributed by atoms with Crippen LogP contribution in [0.15, 0.2) is 17.1 Å². The van der Waals surface area contributed by atoms with Gasteiger partial charge in [-0.2, -0.15) is 0 Å². The molecule has 1 aromatic rings. The zero-order valence-electron chi connectivity index (χ0n) is 9.04. The number of rotatable bonds is 2. The third-order valence-electron chi connectivity index (χ3n) is 2.83. The van der Waals surface area contributed by atoms with Gasteiger partial charge in [0.25, 0.3) is 5.85 Å². The summed E-state index contributed by atoms with van der Waals surface area (Å²) in [5.74, 6) is -2.82. The van der Waals surface area contributed by atoms with Crippen LogP contribution in [-0.2, 0) is 10.5 Å². The molecule has 2 rings (SSSR count). The van der Waals surface area contributed by atoms with Gasteiger partial charge in [-0.05, 0) is 6.07 Å². The molecule has 7 nitrogen and oxygen atoms in total. The van der Waals surface area contributed by atoms with Gasteiger partial charge < -0.3 is 20.1 Å². The van der Waals surface area contributed by atoms with Crippen molar-refractivity contribution in [2.45, 2.75) is 17.7 Å². The van der Waals surface area contributed by atoms with Gasteiger partial charge in [0.1, 0.15) is 17.9 Å². The molecule has 3 atom stereocenters. The monoisotopic (exact) mass is 278 g/mol. The summed E-state index contributed by atoms with van der Waals surface area (Å²) in [5, 5.41) is 28.7. The number of hydrogen-bond donors (Lipinski definition) is 4. The number of aromatic amines is 1. The largest absolute Gasteiger partial charge is 0.390 e. The van der Waals surface area contributed by atoms with Crippen molar-refractivity contribution < 1.29 is 24.4 Å². The molecule has 0 bridgehead atoms. The first-order chi connectivity index (χ1) is 8.33. The molecule has 0 radical (unpaired) electrons. The molecule has 0 aliphatic carbocycles. The fourth-order valence-corrected chi connectivity index (χ4v) is 1.93. The first-order valence-corrected chi connectivity index (χ1v) is 5.41. The highest BCUT2D eigenvalue weighted by Gasteiger charge is 2.60. The van der Waals surface area contributed by atoms with Crippen LogP contribution in [0.1, 0.15) is 0 Å². The van der Waals surface area contributed by atoms with E-state index in [9.17, 15) is 19.4 Å². The number of nitrogens with zero attached hydrogens (tertiary/aromatic N) is 1. The zero-order valence-corrected chi connectivity index (χ0v) is 9.85. The third-order valence-corrected chi connectivity index (χ3v) is 3.07. The zero-order chi connectivity index (χ0) is 13.6. The Bertz CT molecular complexity index is 575. The Morgan fingerprint density at radius 1 is 1.72 bits per heavy atom. The Hall–Kier alpha value is -1.13. The predicted molar refractivity (Wildman–Crippen MR) is 59.0 cm³/mol. The van der Waals surface area contributed by atoms with E-state index in [0.29, 0.717) is 4.57 Å². The van der Waals surface area contributed by atoms with Gasteiger partial charge in [0, 0.05) is 6.20 Å². The van der Waals surface area contributed by atoms with Crippen molar-refractivity contribution in [3.63, 3.8) is 0 Å². The average molecular weight is 278 g/mol. The molecule has 100 valence electrons. The van der Waals surface area contributed by atoms with Crippen molar-refractivity contribution in [1.29, 1.82) is 0 Å². The Kier molecular flexibility index (Phi) is 3.11. The minimum Gasteiger partial charge on any atom is -0.390 e. The van der Waals surface area contributed by atoms with Crippen molar-refractivity contribution >= 4 is 12.2 Å². The highest BCUT2D eigenvalue weighted by molar-refractivity contribution is 7.71. The molecule has 0 saturated carbocycles. The Morgan fingerprint density at radius 2 is 2.39 bits per heavy atom. The van der Waals surface area contributed by atoms with Gasteiger partial charge in [-0.25, -0.2) is 9.18 Å². The van der Waals surface area contributed by atoms with E-state index in [0.717, 1.165) is 6.20 Å². The Balaban J connectivity index is 2.51. The van der Waals surface area contributed by atoms with Crippen molar-refractivity contribution in [3.8, 4) is 0 Å². The van der Waals surface area contributed by atoms with Crippen LogP contribution in [0.2, 0.25) is 0 Å². The van der Waals surface area contributed by atoms with E-state index in [1.165, 1.54) is 6.07 Å². The van der Waals surface area contributed by atoms with Crippen LogP contribution in [0.25, 0.3) is 0 Å². The lowest BCUT2D eigenvalue weighted by molar-refractivity contribution is -0.195. The van der Waals surface area contributed by atoms with Gasteiger partial charge in [-0.15, -0.1) is 0 Å². The molecule has 18 heavy (non-hydrogen) atoms. The molecule has 0 unspecified atom stereocenters. The molecule has 0 spiro atoms. The van der Waals surface area contributed by atoms with E-state index in [1.54, 1.807) is 0 Å². The molecule has 0 aromatic carbocycles. The minimum atomic E-state index is -2.82. The second-order valence-electron chi connectivity index (χ2n) is 3.99. The topological polar surface area (TPSA) is 108 Å². The summed E-state index contributed by atoms with van der Waals surface area (Å²) in [7, 11) is 0. The van der Waals surface area contributed by atoms with Crippen LogP contribution in [0.5, 0.6) is 0 Å². The molecule has 2 heterocycles. The molecule has 1 aliphatic heterocycles. The fraction of sp³-hybridized carbons (Fsp3) is 0.556. The lowest BCUT2D eigenvalue weighted by Gasteiger charge is -2.29. The van der Waals surface area contributed by atoms with Gasteiger partial charge in [0.2, 0.25) is 5.72 Å². The van der Waals surface area contributed by atoms with Crippen LogP contribution in [0, 0.1) is 4.64 Å². The summed E-state index contributed by atoms with van der Waals surface area (Å²) in [6.07, 6.45) is -1.01. The molecular formula is C9H11FN2O5S. The molecule has 1 aliphatic rings. The highest BCUT2D eigenvalue weighted by Crippen LogP contribution is 2.36. The van der Waals surface area contributed by atoms with Crippen LogP contribution in [0.3, 0.4) is 0 Å². The summed E-state index contributed by atoms with van der Waals surface area (Å²) < 4.78 is 19.1. The quantitative estimate of drug-likeness (QED) is 0.496. The predicted octanol–water partition coefficient (Wildman–Crippen LogP) is -1.40. The maximum Gasteiger partial charge on any atom is 0.328 e. The van der Waals surface area contributed by atoms with E-state index in [-0.39, 0.29) is 4.64 Å². The summed E-state index contributed by atoms with van der Waals surface area (Å²) >= 11 is 4.71. The van der Waals surface area contributed by atoms with Gasteiger partial charge in [0.05, 0.1) is 0 Å². The van der Waals surface area contributed by atoms with E-state index >= 15 is 0 Å². The normalized spacial score (nSPS) is 35.9. The molecule has 4 N–H and O–H groups in total. The highest BCUT2D eigenvalue weighted by atomic mass is 32.1. The fourth-order valence-electron chi connectivity index (χ4n) is 1.78. The molecule has 1 aromatic heterocycles. The number of alkyl halides is 1. The van der Waals surface area contributed by atoms with Gasteiger partial charge in [-0.3, -0.25) is 9.55 Å². The number of aliphatic hydroxyl groups excluding tert-OH is 2. The van der Waals surface area contributed by atoms with Gasteiger partial charge in [0.15, 0.2) is 6.10 Å². The number of halogens is 1. The van der Waals surface area contributed by atoms with Crippen LogP contribution in [-0.4, -0.2) is 50.0 Å². The Morgan fingerprint density at radius 3 is 2.89 bits per heavy atom. The van der Waals surface area contributed by atoms with E-state index < -0.39 is 36.6 Å². The molecular weight excluding hydrogens is 267 g/mol. The molecule has 1 fully saturated rings. The maximum absolute atomic E-state index is 13.8. The van der Waals surface area contributed by atoms with Crippen molar-refractivity contribution in [2.24, 2.45) is 0 Å². The number of nitrogens with one attached hydrogen (secondary N) is 1. The minimum absolute atomic E-state index is 0.127. The molecule has 0 amide bonds. The summed E-state index contributed by atoms with van der Waals surface area (Å²) in [6.45, 7) is -1.83. The second kappa shape index (κ2) is 4.21. The number of hydrogen-bond acceptors (Lipinski definition) is 6. The first-order valence-electron chi connectivity index (χ1n) is 5.00. The lowest BCUT2D eigenvalue weighted by Crippen LogP contribution is -2.54. The standard InChI is InChI=1S/C9H11FN2O5S/c10-8(3-13)6(14)9(16,4-17-8)12-2-1-5(18)11-7(12)15/h1-2,6,13-14,16H,3-4H2,(H,11,15,18)/t6-,8-,9+/m1/s1.